The standard InChI is InChI=1S/C25H24ClNO4/c1-29-18-10-8-16(9-11-18)25(28)27-13-12-17-14-22(30-2)23(31-3)15-20(17)24(27)19-6-4-5-7-21(19)26/h4-11,14-15,24H,12-13H2,1-3H3. The van der Waals surface area contributed by atoms with Crippen molar-refractivity contribution in [2.75, 3.05) is 27.9 Å². The van der Waals surface area contributed by atoms with E-state index in [0.29, 0.717) is 40.8 Å². The second-order valence-electron chi connectivity index (χ2n) is 7.31. The average molecular weight is 438 g/mol. The lowest BCUT2D eigenvalue weighted by molar-refractivity contribution is 0.0694. The fourth-order valence-corrected chi connectivity index (χ4v) is 4.34. The van der Waals surface area contributed by atoms with Crippen molar-refractivity contribution in [3.8, 4) is 17.2 Å². The highest BCUT2D eigenvalue weighted by molar-refractivity contribution is 6.31. The van der Waals surface area contributed by atoms with Gasteiger partial charge in [0.15, 0.2) is 11.5 Å². The van der Waals surface area contributed by atoms with Crippen molar-refractivity contribution < 1.29 is 19.0 Å². The maximum atomic E-state index is 13.6. The van der Waals surface area contributed by atoms with E-state index < -0.39 is 0 Å². The first-order valence-corrected chi connectivity index (χ1v) is 10.4. The molecule has 5 nitrogen and oxygen atoms in total. The molecule has 0 fully saturated rings. The van der Waals surface area contributed by atoms with Gasteiger partial charge in [-0.25, -0.2) is 0 Å². The molecule has 1 unspecified atom stereocenters. The van der Waals surface area contributed by atoms with E-state index in [2.05, 4.69) is 0 Å². The van der Waals surface area contributed by atoms with Crippen molar-refractivity contribution in [2.24, 2.45) is 0 Å². The summed E-state index contributed by atoms with van der Waals surface area (Å²) in [6.45, 7) is 0.559. The molecule has 0 spiro atoms. The number of carbonyl (C=O) groups is 1. The van der Waals surface area contributed by atoms with Gasteiger partial charge in [-0.2, -0.15) is 0 Å². The molecule has 0 saturated carbocycles. The molecule has 4 rings (SSSR count). The number of hydrogen-bond acceptors (Lipinski definition) is 4. The molecule has 0 saturated heterocycles. The zero-order valence-corrected chi connectivity index (χ0v) is 18.5. The summed E-state index contributed by atoms with van der Waals surface area (Å²) >= 11 is 6.60. The van der Waals surface area contributed by atoms with Crippen molar-refractivity contribution in [3.63, 3.8) is 0 Å². The van der Waals surface area contributed by atoms with Crippen molar-refractivity contribution in [2.45, 2.75) is 12.5 Å². The van der Waals surface area contributed by atoms with E-state index in [0.717, 1.165) is 16.7 Å². The van der Waals surface area contributed by atoms with Crippen LogP contribution in [0.25, 0.3) is 0 Å². The molecule has 1 atom stereocenters. The number of fused-ring (bicyclic) bond motifs is 1. The number of hydrogen-bond donors (Lipinski definition) is 0. The molecule has 1 aliphatic heterocycles. The summed E-state index contributed by atoms with van der Waals surface area (Å²) in [5.41, 5.74) is 3.57. The molecule has 0 bridgehead atoms. The lowest BCUT2D eigenvalue weighted by Gasteiger charge is -2.38. The third-order valence-electron chi connectivity index (χ3n) is 5.67. The third-order valence-corrected chi connectivity index (χ3v) is 6.02. The smallest absolute Gasteiger partial charge is 0.254 e. The second-order valence-corrected chi connectivity index (χ2v) is 7.71. The quantitative estimate of drug-likeness (QED) is 0.553. The number of nitrogens with zero attached hydrogens (tertiary/aromatic N) is 1. The second kappa shape index (κ2) is 8.90. The van der Waals surface area contributed by atoms with Crippen LogP contribution >= 0.6 is 11.6 Å². The maximum absolute atomic E-state index is 13.6. The van der Waals surface area contributed by atoms with Crippen LogP contribution in [-0.2, 0) is 6.42 Å². The molecule has 0 N–H and O–H groups in total. The van der Waals surface area contributed by atoms with Crippen LogP contribution in [0.4, 0.5) is 0 Å². The Morgan fingerprint density at radius 1 is 0.903 bits per heavy atom. The Kier molecular flexibility index (Phi) is 6.05. The van der Waals surface area contributed by atoms with Crippen LogP contribution in [0.3, 0.4) is 0 Å². The van der Waals surface area contributed by atoms with Crippen LogP contribution in [-0.4, -0.2) is 38.7 Å². The Bertz CT molecular complexity index is 1100. The largest absolute Gasteiger partial charge is 0.497 e. The molecular formula is C25H24ClNO4. The molecule has 0 radical (unpaired) electrons. The molecule has 3 aromatic rings. The number of carbonyl (C=O) groups excluding carboxylic acids is 1. The molecule has 1 aliphatic rings. The third kappa shape index (κ3) is 3.93. The van der Waals surface area contributed by atoms with Crippen LogP contribution in [0.2, 0.25) is 5.02 Å². The van der Waals surface area contributed by atoms with E-state index in [1.54, 1.807) is 45.6 Å². The van der Waals surface area contributed by atoms with Gasteiger partial charge in [0, 0.05) is 17.1 Å². The number of benzene rings is 3. The lowest BCUT2D eigenvalue weighted by Crippen LogP contribution is -2.40. The molecule has 1 amide bonds. The topological polar surface area (TPSA) is 48.0 Å². The molecule has 0 aromatic heterocycles. The minimum Gasteiger partial charge on any atom is -0.497 e. The van der Waals surface area contributed by atoms with E-state index in [4.69, 9.17) is 25.8 Å². The van der Waals surface area contributed by atoms with Gasteiger partial charge in [-0.3, -0.25) is 4.79 Å². The number of methoxy groups -OCH3 is 3. The number of halogens is 1. The maximum Gasteiger partial charge on any atom is 0.254 e. The minimum atomic E-state index is -0.341. The summed E-state index contributed by atoms with van der Waals surface area (Å²) in [6, 6.07) is 18.4. The molecule has 0 aliphatic carbocycles. The number of amides is 1. The van der Waals surface area contributed by atoms with Crippen molar-refractivity contribution in [1.82, 2.24) is 4.90 Å². The first-order chi connectivity index (χ1) is 15.1. The number of rotatable bonds is 5. The van der Waals surface area contributed by atoms with Crippen molar-refractivity contribution in [1.29, 1.82) is 0 Å². The highest BCUT2D eigenvalue weighted by Crippen LogP contribution is 2.43. The van der Waals surface area contributed by atoms with Gasteiger partial charge in [0.25, 0.3) is 5.91 Å². The van der Waals surface area contributed by atoms with Crippen LogP contribution < -0.4 is 14.2 Å². The fraction of sp³-hybridized carbons (Fsp3) is 0.240. The van der Waals surface area contributed by atoms with Crippen molar-refractivity contribution >= 4 is 17.5 Å². The Morgan fingerprint density at radius 3 is 2.23 bits per heavy atom. The Morgan fingerprint density at radius 2 is 1.58 bits per heavy atom. The van der Waals surface area contributed by atoms with E-state index in [-0.39, 0.29) is 11.9 Å². The summed E-state index contributed by atoms with van der Waals surface area (Å²) in [7, 11) is 4.84. The monoisotopic (exact) mass is 437 g/mol. The molecule has 31 heavy (non-hydrogen) atoms. The van der Waals surface area contributed by atoms with E-state index in [1.165, 1.54) is 0 Å². The van der Waals surface area contributed by atoms with Crippen molar-refractivity contribution in [3.05, 3.63) is 87.9 Å². The number of ether oxygens (including phenoxy) is 3. The highest BCUT2D eigenvalue weighted by Gasteiger charge is 2.34. The average Bonchev–Trinajstić information content (AvgIpc) is 2.82. The van der Waals surface area contributed by atoms with Gasteiger partial charge in [-0.15, -0.1) is 0 Å². The first-order valence-electron chi connectivity index (χ1n) is 10.0. The van der Waals surface area contributed by atoms with Gasteiger partial charge in [-0.05, 0) is 65.6 Å². The van der Waals surface area contributed by atoms with Crippen LogP contribution in [0.5, 0.6) is 17.2 Å². The molecular weight excluding hydrogens is 414 g/mol. The Hall–Kier alpha value is -3.18. The van der Waals surface area contributed by atoms with Gasteiger partial charge in [-0.1, -0.05) is 29.8 Å². The summed E-state index contributed by atoms with van der Waals surface area (Å²) in [5, 5.41) is 0.614. The van der Waals surface area contributed by atoms with Gasteiger partial charge < -0.3 is 19.1 Å². The van der Waals surface area contributed by atoms with Gasteiger partial charge in [0.1, 0.15) is 5.75 Å². The zero-order valence-electron chi connectivity index (χ0n) is 17.7. The SMILES string of the molecule is COc1ccc(C(=O)N2CCc3cc(OC)c(OC)cc3C2c2ccccc2Cl)cc1. The van der Waals surface area contributed by atoms with Crippen LogP contribution in [0, 0.1) is 0 Å². The van der Waals surface area contributed by atoms with Crippen LogP contribution in [0.1, 0.15) is 33.1 Å². The molecule has 3 aromatic carbocycles. The first kappa shape index (κ1) is 21.1. The molecule has 160 valence electrons. The van der Waals surface area contributed by atoms with Gasteiger partial charge >= 0.3 is 0 Å². The normalized spacial score (nSPS) is 15.2. The minimum absolute atomic E-state index is 0.0620. The van der Waals surface area contributed by atoms with E-state index >= 15 is 0 Å². The Labute approximate surface area is 187 Å². The molecule has 1 heterocycles. The highest BCUT2D eigenvalue weighted by atomic mass is 35.5. The predicted molar refractivity (Wildman–Crippen MR) is 121 cm³/mol. The fourth-order valence-electron chi connectivity index (χ4n) is 4.10. The lowest BCUT2D eigenvalue weighted by atomic mass is 9.87. The predicted octanol–water partition coefficient (Wildman–Crippen LogP) is 5.15. The summed E-state index contributed by atoms with van der Waals surface area (Å²) in [5.74, 6) is 1.94. The van der Waals surface area contributed by atoms with Gasteiger partial charge in [0.05, 0.1) is 27.4 Å². The van der Waals surface area contributed by atoms with E-state index in [9.17, 15) is 4.79 Å². The zero-order chi connectivity index (χ0) is 22.0. The summed E-state index contributed by atoms with van der Waals surface area (Å²) < 4.78 is 16.3. The van der Waals surface area contributed by atoms with E-state index in [1.807, 2.05) is 41.3 Å². The Balaban J connectivity index is 1.84. The molecule has 6 heteroatoms. The van der Waals surface area contributed by atoms with Gasteiger partial charge in [0.2, 0.25) is 0 Å². The summed E-state index contributed by atoms with van der Waals surface area (Å²) in [4.78, 5) is 15.4. The summed E-state index contributed by atoms with van der Waals surface area (Å²) in [6.07, 6.45) is 0.707. The van der Waals surface area contributed by atoms with Crippen LogP contribution in [0.15, 0.2) is 60.7 Å².